The number of hydrogen-bond acceptors (Lipinski definition) is 6. The van der Waals surface area contributed by atoms with Crippen LogP contribution in [-0.2, 0) is 0 Å². The Morgan fingerprint density at radius 2 is 2.19 bits per heavy atom. The van der Waals surface area contributed by atoms with Gasteiger partial charge in [0.2, 0.25) is 5.95 Å². The van der Waals surface area contributed by atoms with Crippen LogP contribution in [0.2, 0.25) is 0 Å². The SMILES string of the molecule is Cc1nc(C)c(-c2nc(N3CCCC(C)(CN)C3)n[nH]2)o1. The zero-order valence-corrected chi connectivity index (χ0v) is 12.8. The van der Waals surface area contributed by atoms with Crippen LogP contribution in [0.3, 0.4) is 0 Å². The highest BCUT2D eigenvalue weighted by Crippen LogP contribution is 2.30. The van der Waals surface area contributed by atoms with E-state index in [1.54, 1.807) is 0 Å². The molecule has 0 radical (unpaired) electrons. The molecule has 1 aliphatic heterocycles. The van der Waals surface area contributed by atoms with Gasteiger partial charge >= 0.3 is 0 Å². The standard InChI is InChI=1S/C14H22N6O/c1-9-11(21-10(2)16-9)12-17-13(19-18-12)20-6-4-5-14(3,7-15)8-20/h4-8,15H2,1-3H3,(H,17,18,19). The minimum atomic E-state index is 0.137. The second kappa shape index (κ2) is 5.14. The number of aromatic amines is 1. The van der Waals surface area contributed by atoms with Gasteiger partial charge in [-0.15, -0.1) is 5.10 Å². The highest BCUT2D eigenvalue weighted by atomic mass is 16.4. The molecule has 3 N–H and O–H groups in total. The maximum atomic E-state index is 5.90. The van der Waals surface area contributed by atoms with Gasteiger partial charge in [0.15, 0.2) is 17.5 Å². The fraction of sp³-hybridized carbons (Fsp3) is 0.643. The summed E-state index contributed by atoms with van der Waals surface area (Å²) >= 11 is 0. The molecule has 2 aromatic rings. The summed E-state index contributed by atoms with van der Waals surface area (Å²) < 4.78 is 5.58. The molecule has 3 rings (SSSR count). The van der Waals surface area contributed by atoms with Crippen LogP contribution in [0.5, 0.6) is 0 Å². The van der Waals surface area contributed by atoms with Gasteiger partial charge in [0.05, 0.1) is 5.69 Å². The Morgan fingerprint density at radius 3 is 2.86 bits per heavy atom. The second-order valence-corrected chi connectivity index (χ2v) is 6.17. The van der Waals surface area contributed by atoms with Crippen molar-refractivity contribution >= 4 is 5.95 Å². The zero-order chi connectivity index (χ0) is 15.0. The van der Waals surface area contributed by atoms with E-state index in [1.165, 1.54) is 0 Å². The maximum absolute atomic E-state index is 5.90. The van der Waals surface area contributed by atoms with Crippen molar-refractivity contribution in [1.29, 1.82) is 0 Å². The highest BCUT2D eigenvalue weighted by molar-refractivity contribution is 5.52. The summed E-state index contributed by atoms with van der Waals surface area (Å²) in [6.45, 7) is 8.47. The number of piperidine rings is 1. The highest BCUT2D eigenvalue weighted by Gasteiger charge is 2.31. The number of nitrogens with zero attached hydrogens (tertiary/aromatic N) is 4. The minimum absolute atomic E-state index is 0.137. The molecule has 3 heterocycles. The normalized spacial score (nSPS) is 22.8. The lowest BCUT2D eigenvalue weighted by molar-refractivity contribution is 0.270. The first-order valence-electron chi connectivity index (χ1n) is 7.32. The van der Waals surface area contributed by atoms with Gasteiger partial charge in [-0.2, -0.15) is 4.98 Å². The van der Waals surface area contributed by atoms with Gasteiger partial charge in [-0.3, -0.25) is 5.10 Å². The van der Waals surface area contributed by atoms with E-state index in [2.05, 4.69) is 32.0 Å². The van der Waals surface area contributed by atoms with E-state index in [-0.39, 0.29) is 5.41 Å². The summed E-state index contributed by atoms with van der Waals surface area (Å²) in [5, 5.41) is 7.28. The molecule has 0 spiro atoms. The van der Waals surface area contributed by atoms with Gasteiger partial charge in [0, 0.05) is 20.0 Å². The molecule has 2 aromatic heterocycles. The number of H-pyrrole nitrogens is 1. The van der Waals surface area contributed by atoms with E-state index in [4.69, 9.17) is 10.2 Å². The number of aryl methyl sites for hydroxylation is 2. The van der Waals surface area contributed by atoms with Crippen LogP contribution >= 0.6 is 0 Å². The van der Waals surface area contributed by atoms with E-state index in [9.17, 15) is 0 Å². The summed E-state index contributed by atoms with van der Waals surface area (Å²) in [5.41, 5.74) is 6.85. The Bertz CT molecular complexity index is 633. The van der Waals surface area contributed by atoms with Crippen molar-refractivity contribution in [3.63, 3.8) is 0 Å². The van der Waals surface area contributed by atoms with Crippen LogP contribution in [-0.4, -0.2) is 39.8 Å². The Kier molecular flexibility index (Phi) is 3.44. The van der Waals surface area contributed by atoms with Crippen LogP contribution in [0.4, 0.5) is 5.95 Å². The first-order valence-corrected chi connectivity index (χ1v) is 7.32. The minimum Gasteiger partial charge on any atom is -0.437 e. The lowest BCUT2D eigenvalue weighted by atomic mass is 9.82. The van der Waals surface area contributed by atoms with Gasteiger partial charge in [-0.1, -0.05) is 6.92 Å². The molecule has 7 heteroatoms. The van der Waals surface area contributed by atoms with Crippen molar-refractivity contribution in [2.24, 2.45) is 11.1 Å². The average molecular weight is 290 g/mol. The van der Waals surface area contributed by atoms with E-state index in [1.807, 2.05) is 13.8 Å². The molecule has 1 fully saturated rings. The molecule has 21 heavy (non-hydrogen) atoms. The average Bonchev–Trinajstić information content (AvgIpc) is 3.05. The van der Waals surface area contributed by atoms with Crippen molar-refractivity contribution in [1.82, 2.24) is 20.2 Å². The summed E-state index contributed by atoms with van der Waals surface area (Å²) in [4.78, 5) is 11.0. The largest absolute Gasteiger partial charge is 0.437 e. The van der Waals surface area contributed by atoms with E-state index in [0.717, 1.165) is 31.6 Å². The van der Waals surface area contributed by atoms with E-state index < -0.39 is 0 Å². The molecular formula is C14H22N6O. The number of anilines is 1. The van der Waals surface area contributed by atoms with Gasteiger partial charge in [-0.05, 0) is 31.7 Å². The fourth-order valence-electron chi connectivity index (χ4n) is 2.90. The quantitative estimate of drug-likeness (QED) is 0.892. The number of oxazole rings is 1. The predicted molar refractivity (Wildman–Crippen MR) is 80.0 cm³/mol. The fourth-order valence-corrected chi connectivity index (χ4v) is 2.90. The van der Waals surface area contributed by atoms with Gasteiger partial charge in [0.1, 0.15) is 0 Å². The van der Waals surface area contributed by atoms with Crippen LogP contribution in [0.25, 0.3) is 11.6 Å². The molecular weight excluding hydrogens is 268 g/mol. The molecule has 0 aromatic carbocycles. The van der Waals surface area contributed by atoms with Crippen molar-refractivity contribution in [2.75, 3.05) is 24.5 Å². The lowest BCUT2D eigenvalue weighted by Crippen LogP contribution is -2.46. The molecule has 1 saturated heterocycles. The molecule has 1 aliphatic rings. The lowest BCUT2D eigenvalue weighted by Gasteiger charge is -2.39. The van der Waals surface area contributed by atoms with Crippen LogP contribution in [0.15, 0.2) is 4.42 Å². The topological polar surface area (TPSA) is 96.9 Å². The number of nitrogens with one attached hydrogen (secondary N) is 1. The van der Waals surface area contributed by atoms with Crippen LogP contribution < -0.4 is 10.6 Å². The third kappa shape index (κ3) is 2.65. The maximum Gasteiger partial charge on any atom is 0.245 e. The van der Waals surface area contributed by atoms with Gasteiger partial charge < -0.3 is 15.1 Å². The zero-order valence-electron chi connectivity index (χ0n) is 12.8. The van der Waals surface area contributed by atoms with Gasteiger partial charge in [0.25, 0.3) is 0 Å². The van der Waals surface area contributed by atoms with Crippen molar-refractivity contribution in [3.05, 3.63) is 11.6 Å². The molecule has 7 nitrogen and oxygen atoms in total. The first-order chi connectivity index (χ1) is 10.0. The number of aromatic nitrogens is 4. The van der Waals surface area contributed by atoms with Crippen molar-refractivity contribution in [2.45, 2.75) is 33.6 Å². The number of nitrogens with two attached hydrogens (primary N) is 1. The van der Waals surface area contributed by atoms with Crippen molar-refractivity contribution < 1.29 is 4.42 Å². The third-order valence-corrected chi connectivity index (χ3v) is 4.15. The van der Waals surface area contributed by atoms with E-state index in [0.29, 0.717) is 30.0 Å². The molecule has 0 amide bonds. The monoisotopic (exact) mass is 290 g/mol. The van der Waals surface area contributed by atoms with Gasteiger partial charge in [-0.25, -0.2) is 4.98 Å². The molecule has 1 unspecified atom stereocenters. The molecule has 0 saturated carbocycles. The predicted octanol–water partition coefficient (Wildman–Crippen LogP) is 1.64. The summed E-state index contributed by atoms with van der Waals surface area (Å²) in [7, 11) is 0. The summed E-state index contributed by atoms with van der Waals surface area (Å²) in [6.07, 6.45) is 2.26. The summed E-state index contributed by atoms with van der Waals surface area (Å²) in [6, 6.07) is 0. The first kappa shape index (κ1) is 14.1. The molecule has 1 atom stereocenters. The van der Waals surface area contributed by atoms with Crippen LogP contribution in [0.1, 0.15) is 31.4 Å². The Labute approximate surface area is 123 Å². The van der Waals surface area contributed by atoms with Crippen LogP contribution in [0, 0.1) is 19.3 Å². The Balaban J connectivity index is 1.83. The summed E-state index contributed by atoms with van der Waals surface area (Å²) in [5.74, 6) is 2.62. The molecule has 0 bridgehead atoms. The van der Waals surface area contributed by atoms with Crippen molar-refractivity contribution in [3.8, 4) is 11.6 Å². The smallest absolute Gasteiger partial charge is 0.245 e. The Morgan fingerprint density at radius 1 is 1.38 bits per heavy atom. The van der Waals surface area contributed by atoms with E-state index >= 15 is 0 Å². The molecule has 0 aliphatic carbocycles. The second-order valence-electron chi connectivity index (χ2n) is 6.17. The Hall–Kier alpha value is -1.89. The number of rotatable bonds is 3. The number of hydrogen-bond donors (Lipinski definition) is 2. The third-order valence-electron chi connectivity index (χ3n) is 4.15. The molecule has 114 valence electrons.